The number of benzene rings is 1. The van der Waals surface area contributed by atoms with Gasteiger partial charge >= 0.3 is 0 Å². The van der Waals surface area contributed by atoms with Crippen LogP contribution in [0, 0.1) is 11.7 Å². The number of halogens is 1. The Balaban J connectivity index is 1.41. The molecular formula is C20H23FN4O. The average Bonchev–Trinajstić information content (AvgIpc) is 3.41. The maximum atomic E-state index is 13.2. The van der Waals surface area contributed by atoms with E-state index in [0.717, 1.165) is 54.9 Å². The minimum absolute atomic E-state index is 0.110. The van der Waals surface area contributed by atoms with Gasteiger partial charge in [0.1, 0.15) is 5.82 Å². The lowest BCUT2D eigenvalue weighted by Gasteiger charge is -2.34. The summed E-state index contributed by atoms with van der Waals surface area (Å²) >= 11 is 0. The summed E-state index contributed by atoms with van der Waals surface area (Å²) in [4.78, 5) is 11.7. The zero-order valence-electron chi connectivity index (χ0n) is 14.7. The van der Waals surface area contributed by atoms with Gasteiger partial charge in [-0.1, -0.05) is 0 Å². The lowest BCUT2D eigenvalue weighted by atomic mass is 9.80. The van der Waals surface area contributed by atoms with E-state index in [1.165, 1.54) is 25.0 Å². The first-order chi connectivity index (χ1) is 12.7. The highest BCUT2D eigenvalue weighted by Crippen LogP contribution is 2.40. The van der Waals surface area contributed by atoms with Crippen molar-refractivity contribution in [3.05, 3.63) is 47.5 Å². The first kappa shape index (κ1) is 16.0. The Morgan fingerprint density at radius 2 is 2.12 bits per heavy atom. The molecule has 26 heavy (non-hydrogen) atoms. The predicted octanol–water partition coefficient (Wildman–Crippen LogP) is 3.12. The highest BCUT2D eigenvalue weighted by Gasteiger charge is 2.45. The van der Waals surface area contributed by atoms with Crippen LogP contribution in [-0.2, 0) is 16.8 Å². The number of nitrogens with one attached hydrogen (secondary N) is 1. The van der Waals surface area contributed by atoms with Gasteiger partial charge in [0, 0.05) is 37.1 Å². The fourth-order valence-electron chi connectivity index (χ4n) is 4.09. The third-order valence-electron chi connectivity index (χ3n) is 5.79. The van der Waals surface area contributed by atoms with Crippen LogP contribution < -0.4 is 10.2 Å². The fraction of sp³-hybridized carbons (Fsp3) is 0.500. The van der Waals surface area contributed by atoms with Crippen LogP contribution >= 0.6 is 0 Å². The minimum Gasteiger partial charge on any atom is -0.376 e. The first-order valence-corrected chi connectivity index (χ1v) is 9.40. The number of hydrogen-bond donors (Lipinski definition) is 1. The molecule has 2 aliphatic heterocycles. The predicted molar refractivity (Wildman–Crippen MR) is 97.8 cm³/mol. The van der Waals surface area contributed by atoms with Crippen molar-refractivity contribution in [2.75, 3.05) is 36.5 Å². The minimum atomic E-state index is -0.201. The molecule has 0 radical (unpaired) electrons. The van der Waals surface area contributed by atoms with Gasteiger partial charge in [0.15, 0.2) is 0 Å². The Labute approximate surface area is 152 Å². The van der Waals surface area contributed by atoms with E-state index in [0.29, 0.717) is 13.2 Å². The number of hydrogen-bond acceptors (Lipinski definition) is 5. The van der Waals surface area contributed by atoms with E-state index >= 15 is 0 Å². The van der Waals surface area contributed by atoms with Crippen molar-refractivity contribution >= 4 is 11.6 Å². The van der Waals surface area contributed by atoms with Crippen LogP contribution in [0.3, 0.4) is 0 Å². The molecule has 1 aromatic heterocycles. The molecule has 0 unspecified atom stereocenters. The maximum Gasteiger partial charge on any atom is 0.222 e. The molecule has 2 fully saturated rings. The number of ether oxygens (including phenoxy) is 1. The van der Waals surface area contributed by atoms with Crippen LogP contribution in [0.25, 0.3) is 0 Å². The molecule has 1 N–H and O–H groups in total. The average molecular weight is 354 g/mol. The molecule has 1 saturated heterocycles. The maximum absolute atomic E-state index is 13.2. The number of nitrogens with zero attached hydrogens (tertiary/aromatic N) is 3. The Kier molecular flexibility index (Phi) is 3.81. The molecular weight excluding hydrogens is 331 g/mol. The van der Waals surface area contributed by atoms with E-state index in [1.807, 2.05) is 18.3 Å². The van der Waals surface area contributed by atoms with E-state index in [4.69, 9.17) is 9.72 Å². The highest BCUT2D eigenvalue weighted by molar-refractivity contribution is 5.50. The van der Waals surface area contributed by atoms with E-state index in [2.05, 4.69) is 15.2 Å². The molecule has 5 rings (SSSR count). The Morgan fingerprint density at radius 3 is 2.92 bits per heavy atom. The lowest BCUT2D eigenvalue weighted by molar-refractivity contribution is 0.0557. The summed E-state index contributed by atoms with van der Waals surface area (Å²) < 4.78 is 19.1. The fourth-order valence-corrected chi connectivity index (χ4v) is 4.09. The van der Waals surface area contributed by atoms with E-state index < -0.39 is 0 Å². The van der Waals surface area contributed by atoms with Gasteiger partial charge in [0.2, 0.25) is 5.95 Å². The van der Waals surface area contributed by atoms with Crippen LogP contribution in [0.4, 0.5) is 16.0 Å². The van der Waals surface area contributed by atoms with Crippen LogP contribution in [-0.4, -0.2) is 36.2 Å². The summed E-state index contributed by atoms with van der Waals surface area (Å²) in [6.07, 6.45) is 5.51. The van der Waals surface area contributed by atoms with Gasteiger partial charge in [-0.15, -0.1) is 0 Å². The van der Waals surface area contributed by atoms with Crippen molar-refractivity contribution in [2.24, 2.45) is 5.92 Å². The smallest absolute Gasteiger partial charge is 0.222 e. The van der Waals surface area contributed by atoms with E-state index in [1.54, 1.807) is 0 Å². The van der Waals surface area contributed by atoms with Crippen molar-refractivity contribution in [3.8, 4) is 0 Å². The van der Waals surface area contributed by atoms with Gasteiger partial charge in [0.25, 0.3) is 0 Å². The summed E-state index contributed by atoms with van der Waals surface area (Å²) in [5.41, 5.74) is 3.16. The van der Waals surface area contributed by atoms with Crippen molar-refractivity contribution in [1.29, 1.82) is 0 Å². The summed E-state index contributed by atoms with van der Waals surface area (Å²) in [6, 6.07) is 6.74. The number of aromatic nitrogens is 2. The Hall–Kier alpha value is -2.21. The van der Waals surface area contributed by atoms with Crippen molar-refractivity contribution in [3.63, 3.8) is 0 Å². The number of rotatable bonds is 4. The van der Waals surface area contributed by atoms with Gasteiger partial charge in [-0.25, -0.2) is 14.4 Å². The second kappa shape index (κ2) is 6.20. The molecule has 1 saturated carbocycles. The molecule has 5 nitrogen and oxygen atoms in total. The Bertz CT molecular complexity index is 808. The topological polar surface area (TPSA) is 50.3 Å². The standard InChI is InChI=1S/C20H23FN4O/c21-16-3-5-17(6-4-16)25-8-7-20(12-25)13-26-11-15-10-23-19(24-18(15)20)22-9-14-1-2-14/h3-6,10,14H,1-2,7-9,11-13H2,(H,22,23,24)/t20-/m0/s1. The van der Waals surface area contributed by atoms with Gasteiger partial charge in [-0.2, -0.15) is 0 Å². The highest BCUT2D eigenvalue weighted by atomic mass is 19.1. The van der Waals surface area contributed by atoms with Crippen molar-refractivity contribution < 1.29 is 9.13 Å². The zero-order chi connectivity index (χ0) is 17.6. The SMILES string of the molecule is Fc1ccc(N2CC[C@@]3(COCc4cnc(NCC5CC5)nc43)C2)cc1. The van der Waals surface area contributed by atoms with Gasteiger partial charge in [-0.3, -0.25) is 0 Å². The first-order valence-electron chi connectivity index (χ1n) is 9.40. The monoisotopic (exact) mass is 354 g/mol. The van der Waals surface area contributed by atoms with Crippen LogP contribution in [0.1, 0.15) is 30.5 Å². The van der Waals surface area contributed by atoms with Gasteiger partial charge in [-0.05, 0) is 49.4 Å². The van der Waals surface area contributed by atoms with Crippen molar-refractivity contribution in [1.82, 2.24) is 9.97 Å². The quantitative estimate of drug-likeness (QED) is 0.914. The molecule has 3 heterocycles. The number of fused-ring (bicyclic) bond motifs is 2. The molecule has 1 atom stereocenters. The lowest BCUT2D eigenvalue weighted by Crippen LogP contribution is -2.40. The summed E-state index contributed by atoms with van der Waals surface area (Å²) in [5, 5.41) is 3.39. The third-order valence-corrected chi connectivity index (χ3v) is 5.79. The molecule has 1 aliphatic carbocycles. The zero-order valence-corrected chi connectivity index (χ0v) is 14.7. The summed E-state index contributed by atoms with van der Waals surface area (Å²) in [5.74, 6) is 1.32. The van der Waals surface area contributed by atoms with Gasteiger partial charge in [0.05, 0.1) is 24.3 Å². The van der Waals surface area contributed by atoms with Crippen LogP contribution in [0.5, 0.6) is 0 Å². The second-order valence-electron chi connectivity index (χ2n) is 7.81. The van der Waals surface area contributed by atoms with Gasteiger partial charge < -0.3 is 15.0 Å². The molecule has 1 aromatic carbocycles. The summed E-state index contributed by atoms with van der Waals surface area (Å²) in [6.45, 7) is 3.98. The molecule has 2 aromatic rings. The molecule has 0 bridgehead atoms. The second-order valence-corrected chi connectivity index (χ2v) is 7.81. The molecule has 0 amide bonds. The summed E-state index contributed by atoms with van der Waals surface area (Å²) in [7, 11) is 0. The Morgan fingerprint density at radius 1 is 1.27 bits per heavy atom. The molecule has 1 spiro atoms. The normalized spacial score (nSPS) is 24.7. The van der Waals surface area contributed by atoms with Crippen molar-refractivity contribution in [2.45, 2.75) is 31.3 Å². The molecule has 3 aliphatic rings. The van der Waals surface area contributed by atoms with E-state index in [9.17, 15) is 4.39 Å². The largest absolute Gasteiger partial charge is 0.376 e. The molecule has 6 heteroatoms. The van der Waals surface area contributed by atoms with Crippen LogP contribution in [0.15, 0.2) is 30.5 Å². The molecule has 136 valence electrons. The van der Waals surface area contributed by atoms with Crippen LogP contribution in [0.2, 0.25) is 0 Å². The number of anilines is 2. The third kappa shape index (κ3) is 2.92. The van der Waals surface area contributed by atoms with E-state index in [-0.39, 0.29) is 11.2 Å².